The van der Waals surface area contributed by atoms with Gasteiger partial charge in [0.05, 0.1) is 13.2 Å². The molecule has 0 saturated heterocycles. The lowest BCUT2D eigenvalue weighted by Gasteiger charge is -2.00. The van der Waals surface area contributed by atoms with Crippen LogP contribution in [0.2, 0.25) is 0 Å². The highest BCUT2D eigenvalue weighted by Gasteiger charge is 1.90. The van der Waals surface area contributed by atoms with E-state index in [-0.39, 0.29) is 5.57 Å². The number of hydrogen-bond donors (Lipinski definition) is 1. The molecule has 0 atom stereocenters. The van der Waals surface area contributed by atoms with Crippen LogP contribution in [0, 0.1) is 0 Å². The average molecular weight is 263 g/mol. The number of carbonyl (C=O) groups is 1. The molecule has 5 heteroatoms. The third-order valence-corrected chi connectivity index (χ3v) is 2.22. The molecule has 1 radical (unpaired) electrons. The highest BCUT2D eigenvalue weighted by molar-refractivity contribution is 7.26. The quantitative estimate of drug-likeness (QED) is 0.387. The number of carboxylic acids is 1. The molecule has 0 aliphatic rings. The van der Waals surface area contributed by atoms with Crippen LogP contribution in [0.3, 0.4) is 0 Å². The van der Waals surface area contributed by atoms with Gasteiger partial charge in [-0.3, -0.25) is 0 Å². The van der Waals surface area contributed by atoms with Crippen LogP contribution in [0.4, 0.5) is 0 Å². The van der Waals surface area contributed by atoms with E-state index in [0.717, 1.165) is 26.1 Å². The molecule has 4 nitrogen and oxygen atoms in total. The Morgan fingerprint density at radius 1 is 1.18 bits per heavy atom. The zero-order chi connectivity index (χ0) is 13.5. The maximum atomic E-state index is 9.60. The minimum atomic E-state index is -0.935. The van der Waals surface area contributed by atoms with Gasteiger partial charge in [-0.25, -0.2) is 4.79 Å². The second-order valence-electron chi connectivity index (χ2n) is 3.53. The highest BCUT2D eigenvalue weighted by atomic mass is 31.1. The molecule has 0 aliphatic heterocycles. The van der Waals surface area contributed by atoms with Gasteiger partial charge in [-0.05, 0) is 19.8 Å². The van der Waals surface area contributed by atoms with Crippen LogP contribution in [0.25, 0.3) is 0 Å². The Kier molecular flexibility index (Phi) is 17.3. The Hall–Kier alpha value is -0.440. The predicted octanol–water partition coefficient (Wildman–Crippen LogP) is 4.04. The van der Waals surface area contributed by atoms with Gasteiger partial charge < -0.3 is 14.2 Å². The third-order valence-electron chi connectivity index (χ3n) is 1.65. The van der Waals surface area contributed by atoms with Gasteiger partial charge in [-0.1, -0.05) is 33.3 Å². The van der Waals surface area contributed by atoms with E-state index in [4.69, 9.17) is 14.2 Å². The van der Waals surface area contributed by atoms with Gasteiger partial charge in [0.1, 0.15) is 0 Å². The molecule has 0 aromatic rings. The standard InChI is InChI=1S/C8H18O2P.C4H6O2/c1-3-5-7-9-11-10-8-6-4-2;1-3(2)4(5)6/h3-8H2,1-2H3;1H2,2H3,(H,5,6). The van der Waals surface area contributed by atoms with Crippen molar-refractivity contribution in [3.63, 3.8) is 0 Å². The molecule has 0 aromatic heterocycles. The second kappa shape index (κ2) is 15.6. The smallest absolute Gasteiger partial charge is 0.330 e. The van der Waals surface area contributed by atoms with Crippen molar-refractivity contribution >= 4 is 15.0 Å². The summed E-state index contributed by atoms with van der Waals surface area (Å²) in [5, 5.41) is 7.89. The number of carboxylic acid groups (broad SMARTS) is 1. The molecule has 0 aliphatic carbocycles. The van der Waals surface area contributed by atoms with Gasteiger partial charge in [-0.2, -0.15) is 0 Å². The average Bonchev–Trinajstić information content (AvgIpc) is 2.29. The molecule has 0 heterocycles. The summed E-state index contributed by atoms with van der Waals surface area (Å²) >= 11 is 0. The minimum Gasteiger partial charge on any atom is -0.478 e. The third kappa shape index (κ3) is 21.4. The molecule has 0 amide bonds. The molecule has 0 unspecified atom stereocenters. The first-order valence-corrected chi connectivity index (χ1v) is 6.62. The summed E-state index contributed by atoms with van der Waals surface area (Å²) in [6, 6.07) is 0. The maximum Gasteiger partial charge on any atom is 0.330 e. The molecule has 0 bridgehead atoms. The molecule has 0 fully saturated rings. The van der Waals surface area contributed by atoms with Crippen molar-refractivity contribution in [3.05, 3.63) is 12.2 Å². The molecule has 0 rings (SSSR count). The van der Waals surface area contributed by atoms with Crippen molar-refractivity contribution < 1.29 is 18.9 Å². The monoisotopic (exact) mass is 263 g/mol. The summed E-state index contributed by atoms with van der Waals surface area (Å²) in [5.74, 6) is -0.935. The van der Waals surface area contributed by atoms with Crippen LogP contribution in [0.5, 0.6) is 0 Å². The number of aliphatic carboxylic acids is 1. The van der Waals surface area contributed by atoms with Crippen molar-refractivity contribution in [1.29, 1.82) is 0 Å². The first-order valence-electron chi connectivity index (χ1n) is 5.89. The van der Waals surface area contributed by atoms with Crippen molar-refractivity contribution in [2.24, 2.45) is 0 Å². The second-order valence-corrected chi connectivity index (χ2v) is 4.20. The van der Waals surface area contributed by atoms with Crippen molar-refractivity contribution in [1.82, 2.24) is 0 Å². The molecule has 101 valence electrons. The summed E-state index contributed by atoms with van der Waals surface area (Å²) < 4.78 is 10.3. The lowest BCUT2D eigenvalue weighted by Crippen LogP contribution is -1.92. The molecule has 0 saturated carbocycles. The van der Waals surface area contributed by atoms with Crippen LogP contribution in [-0.2, 0) is 13.8 Å². The van der Waals surface area contributed by atoms with Gasteiger partial charge in [0.15, 0.2) is 0 Å². The number of hydrogen-bond acceptors (Lipinski definition) is 3. The van der Waals surface area contributed by atoms with E-state index in [9.17, 15) is 4.79 Å². The van der Waals surface area contributed by atoms with Crippen LogP contribution < -0.4 is 0 Å². The first-order chi connectivity index (χ1) is 8.06. The van der Waals surface area contributed by atoms with Gasteiger partial charge in [0.25, 0.3) is 9.03 Å². The van der Waals surface area contributed by atoms with Gasteiger partial charge in [0.2, 0.25) is 0 Å². The number of rotatable bonds is 9. The Balaban J connectivity index is 0. The van der Waals surface area contributed by atoms with Crippen LogP contribution >= 0.6 is 9.03 Å². The van der Waals surface area contributed by atoms with E-state index in [0.29, 0.717) is 9.03 Å². The lowest BCUT2D eigenvalue weighted by molar-refractivity contribution is -0.132. The van der Waals surface area contributed by atoms with E-state index in [2.05, 4.69) is 20.4 Å². The zero-order valence-corrected chi connectivity index (χ0v) is 12.0. The fourth-order valence-electron chi connectivity index (χ4n) is 0.530. The van der Waals surface area contributed by atoms with Gasteiger partial charge in [-0.15, -0.1) is 0 Å². The highest BCUT2D eigenvalue weighted by Crippen LogP contribution is 2.14. The Morgan fingerprint density at radius 3 is 1.76 bits per heavy atom. The van der Waals surface area contributed by atoms with E-state index in [1.807, 2.05) is 0 Å². The molecule has 0 aromatic carbocycles. The summed E-state index contributed by atoms with van der Waals surface area (Å²) in [6.07, 6.45) is 4.63. The Bertz CT molecular complexity index is 175. The molecule has 0 spiro atoms. The maximum absolute atomic E-state index is 9.60. The molecule has 1 N–H and O–H groups in total. The lowest BCUT2D eigenvalue weighted by atomic mass is 10.4. The van der Waals surface area contributed by atoms with Crippen molar-refractivity contribution in [2.45, 2.75) is 46.5 Å². The van der Waals surface area contributed by atoms with Crippen LogP contribution in [-0.4, -0.2) is 24.3 Å². The Morgan fingerprint density at radius 2 is 1.53 bits per heavy atom. The molecule has 17 heavy (non-hydrogen) atoms. The SMILES string of the molecule is C=C(C)C(=O)O.CCCCO[P]OCCCC. The topological polar surface area (TPSA) is 55.8 Å². The predicted molar refractivity (Wildman–Crippen MR) is 71.1 cm³/mol. The normalized spacial score (nSPS) is 9.35. The van der Waals surface area contributed by atoms with Gasteiger partial charge >= 0.3 is 5.97 Å². The van der Waals surface area contributed by atoms with Crippen molar-refractivity contribution in [3.8, 4) is 0 Å². The van der Waals surface area contributed by atoms with E-state index < -0.39 is 5.97 Å². The van der Waals surface area contributed by atoms with Gasteiger partial charge in [0, 0.05) is 5.57 Å². The first kappa shape index (κ1) is 18.9. The molecular weight excluding hydrogens is 239 g/mol. The summed E-state index contributed by atoms with van der Waals surface area (Å²) in [7, 11) is 0.693. The van der Waals surface area contributed by atoms with Crippen molar-refractivity contribution in [2.75, 3.05) is 13.2 Å². The zero-order valence-electron chi connectivity index (χ0n) is 11.1. The minimum absolute atomic E-state index is 0.176. The fourth-order valence-corrected chi connectivity index (χ4v) is 1.01. The largest absolute Gasteiger partial charge is 0.478 e. The molecular formula is C12H24O4P. The van der Waals surface area contributed by atoms with E-state index in [1.54, 1.807) is 0 Å². The van der Waals surface area contributed by atoms with Crippen LogP contribution in [0.1, 0.15) is 46.5 Å². The van der Waals surface area contributed by atoms with Crippen LogP contribution in [0.15, 0.2) is 12.2 Å². The van der Waals surface area contributed by atoms with E-state index >= 15 is 0 Å². The summed E-state index contributed by atoms with van der Waals surface area (Å²) in [6.45, 7) is 10.6. The fraction of sp³-hybridized carbons (Fsp3) is 0.750. The number of unbranched alkanes of at least 4 members (excludes halogenated alkanes) is 2. The Labute approximate surface area is 106 Å². The summed E-state index contributed by atoms with van der Waals surface area (Å²) in [4.78, 5) is 9.60. The van der Waals surface area contributed by atoms with E-state index in [1.165, 1.54) is 19.8 Å². The summed E-state index contributed by atoms with van der Waals surface area (Å²) in [5.41, 5.74) is 0.176.